The normalized spacial score (nSPS) is 18.2. The quantitative estimate of drug-likeness (QED) is 0.847. The van der Waals surface area contributed by atoms with E-state index in [0.717, 1.165) is 13.1 Å². The molecule has 1 fully saturated rings. The minimum absolute atomic E-state index is 0.885. The summed E-state index contributed by atoms with van der Waals surface area (Å²) in [5.41, 5.74) is 1.18. The van der Waals surface area contributed by atoms with Crippen LogP contribution >= 0.6 is 11.3 Å². The number of hydrogen-bond acceptors (Lipinski definition) is 4. The van der Waals surface area contributed by atoms with Gasteiger partial charge in [-0.25, -0.2) is 4.98 Å². The molecule has 4 heteroatoms. The predicted octanol–water partition coefficient (Wildman–Crippen LogP) is 1.85. The zero-order valence-electron chi connectivity index (χ0n) is 9.33. The average Bonchev–Trinajstić information content (AvgIpc) is 2.68. The Hall–Kier alpha value is -0.450. The highest BCUT2D eigenvalue weighted by Gasteiger charge is 2.12. The van der Waals surface area contributed by atoms with Gasteiger partial charge in [0.25, 0.3) is 0 Å². The van der Waals surface area contributed by atoms with Gasteiger partial charge in [0.2, 0.25) is 0 Å². The Bertz CT molecular complexity index is 292. The van der Waals surface area contributed by atoms with Crippen molar-refractivity contribution in [3.63, 3.8) is 0 Å². The molecule has 2 heterocycles. The Morgan fingerprint density at radius 1 is 1.40 bits per heavy atom. The second-order valence-corrected chi connectivity index (χ2v) is 5.04. The number of thiazole rings is 1. The van der Waals surface area contributed by atoms with Crippen LogP contribution in [0.5, 0.6) is 0 Å². The maximum Gasteiger partial charge on any atom is 0.107 e. The first kappa shape index (κ1) is 11.0. The van der Waals surface area contributed by atoms with Crippen LogP contribution in [0.2, 0.25) is 0 Å². The van der Waals surface area contributed by atoms with Crippen molar-refractivity contribution in [2.75, 3.05) is 20.1 Å². The Balaban J connectivity index is 1.86. The van der Waals surface area contributed by atoms with Crippen LogP contribution in [0.1, 0.15) is 30.0 Å². The van der Waals surface area contributed by atoms with E-state index in [1.165, 1.54) is 43.1 Å². The molecule has 1 N–H and O–H groups in total. The Morgan fingerprint density at radius 3 is 2.93 bits per heavy atom. The maximum atomic E-state index is 4.61. The number of rotatable bonds is 4. The number of piperidine rings is 1. The summed E-state index contributed by atoms with van der Waals surface area (Å²) in [7, 11) is 1.96. The van der Waals surface area contributed by atoms with Crippen LogP contribution < -0.4 is 5.32 Å². The SMILES string of the molecule is CNCc1csc(CN2CCCCC2)n1. The molecule has 1 aliphatic rings. The molecule has 2 rings (SSSR count). The number of likely N-dealkylation sites (tertiary alicyclic amines) is 1. The van der Waals surface area contributed by atoms with Crippen LogP contribution in [0.4, 0.5) is 0 Å². The van der Waals surface area contributed by atoms with Crippen molar-refractivity contribution < 1.29 is 0 Å². The molecule has 0 amide bonds. The van der Waals surface area contributed by atoms with Crippen LogP contribution in [0.25, 0.3) is 0 Å². The Labute approximate surface area is 95.5 Å². The number of hydrogen-bond donors (Lipinski definition) is 1. The van der Waals surface area contributed by atoms with E-state index in [4.69, 9.17) is 0 Å². The lowest BCUT2D eigenvalue weighted by Crippen LogP contribution is -2.29. The van der Waals surface area contributed by atoms with Crippen LogP contribution in [-0.2, 0) is 13.1 Å². The summed E-state index contributed by atoms with van der Waals surface area (Å²) in [5.74, 6) is 0. The topological polar surface area (TPSA) is 28.2 Å². The molecule has 0 aromatic carbocycles. The van der Waals surface area contributed by atoms with Crippen LogP contribution in [0.15, 0.2) is 5.38 Å². The highest BCUT2D eigenvalue weighted by atomic mass is 32.1. The smallest absolute Gasteiger partial charge is 0.107 e. The summed E-state index contributed by atoms with van der Waals surface area (Å²) in [4.78, 5) is 7.13. The monoisotopic (exact) mass is 225 g/mol. The standard InChI is InChI=1S/C11H19N3S/c1-12-7-10-9-15-11(13-10)8-14-5-3-2-4-6-14/h9,12H,2-8H2,1H3. The summed E-state index contributed by atoms with van der Waals surface area (Å²) in [6.07, 6.45) is 4.11. The second kappa shape index (κ2) is 5.58. The third-order valence-electron chi connectivity index (χ3n) is 2.76. The molecule has 1 saturated heterocycles. The van der Waals surface area contributed by atoms with Crippen LogP contribution in [-0.4, -0.2) is 30.0 Å². The van der Waals surface area contributed by atoms with Gasteiger partial charge in [0.05, 0.1) is 12.2 Å². The Morgan fingerprint density at radius 2 is 2.20 bits per heavy atom. The summed E-state index contributed by atoms with van der Waals surface area (Å²) < 4.78 is 0. The van der Waals surface area contributed by atoms with Crippen molar-refractivity contribution in [3.05, 3.63) is 16.1 Å². The molecule has 0 atom stereocenters. The van der Waals surface area contributed by atoms with Gasteiger partial charge in [0.15, 0.2) is 0 Å². The van der Waals surface area contributed by atoms with Crippen LogP contribution in [0, 0.1) is 0 Å². The van der Waals surface area contributed by atoms with Crippen LogP contribution in [0.3, 0.4) is 0 Å². The molecule has 0 spiro atoms. The highest BCUT2D eigenvalue weighted by molar-refractivity contribution is 7.09. The van der Waals surface area contributed by atoms with Crippen molar-refractivity contribution in [1.29, 1.82) is 0 Å². The van der Waals surface area contributed by atoms with Crippen molar-refractivity contribution in [1.82, 2.24) is 15.2 Å². The number of nitrogens with one attached hydrogen (secondary N) is 1. The minimum Gasteiger partial charge on any atom is -0.314 e. The molecule has 1 aliphatic heterocycles. The maximum absolute atomic E-state index is 4.61. The third-order valence-corrected chi connectivity index (χ3v) is 3.65. The van der Waals surface area contributed by atoms with Gasteiger partial charge in [-0.05, 0) is 33.0 Å². The Kier molecular flexibility index (Phi) is 4.11. The van der Waals surface area contributed by atoms with E-state index >= 15 is 0 Å². The molecule has 0 radical (unpaired) electrons. The van der Waals surface area contributed by atoms with E-state index in [0.29, 0.717) is 0 Å². The largest absolute Gasteiger partial charge is 0.314 e. The molecule has 3 nitrogen and oxygen atoms in total. The highest BCUT2D eigenvalue weighted by Crippen LogP contribution is 2.16. The number of nitrogens with zero attached hydrogens (tertiary/aromatic N) is 2. The molecule has 0 saturated carbocycles. The van der Waals surface area contributed by atoms with Crippen molar-refractivity contribution in [2.45, 2.75) is 32.4 Å². The van der Waals surface area contributed by atoms with Crippen molar-refractivity contribution in [2.24, 2.45) is 0 Å². The summed E-state index contributed by atoms with van der Waals surface area (Å²) in [6, 6.07) is 0. The zero-order chi connectivity index (χ0) is 10.5. The molecule has 0 aliphatic carbocycles. The minimum atomic E-state index is 0.885. The van der Waals surface area contributed by atoms with E-state index < -0.39 is 0 Å². The van der Waals surface area contributed by atoms with Gasteiger partial charge in [0, 0.05) is 11.9 Å². The number of aromatic nitrogens is 1. The first-order valence-corrected chi connectivity index (χ1v) is 6.56. The molecule has 84 valence electrons. The second-order valence-electron chi connectivity index (χ2n) is 4.10. The summed E-state index contributed by atoms with van der Waals surface area (Å²) in [5, 5.41) is 6.56. The lowest BCUT2D eigenvalue weighted by Gasteiger charge is -2.25. The first-order valence-electron chi connectivity index (χ1n) is 5.69. The fourth-order valence-electron chi connectivity index (χ4n) is 1.99. The molecular formula is C11H19N3S. The van der Waals surface area contributed by atoms with Gasteiger partial charge >= 0.3 is 0 Å². The first-order chi connectivity index (χ1) is 7.38. The molecule has 1 aromatic rings. The summed E-state index contributed by atoms with van der Waals surface area (Å²) >= 11 is 1.79. The van der Waals surface area contributed by atoms with Gasteiger partial charge in [-0.15, -0.1) is 11.3 Å². The van der Waals surface area contributed by atoms with E-state index in [9.17, 15) is 0 Å². The van der Waals surface area contributed by atoms with Crippen molar-refractivity contribution >= 4 is 11.3 Å². The lowest BCUT2D eigenvalue weighted by molar-refractivity contribution is 0.220. The predicted molar refractivity (Wildman–Crippen MR) is 64.0 cm³/mol. The van der Waals surface area contributed by atoms with Gasteiger partial charge in [-0.3, -0.25) is 4.90 Å². The van der Waals surface area contributed by atoms with E-state index in [2.05, 4.69) is 20.6 Å². The fourth-order valence-corrected chi connectivity index (χ4v) is 2.83. The van der Waals surface area contributed by atoms with Gasteiger partial charge in [0.1, 0.15) is 5.01 Å². The molecule has 0 bridgehead atoms. The molecular weight excluding hydrogens is 206 g/mol. The van der Waals surface area contributed by atoms with Crippen molar-refractivity contribution in [3.8, 4) is 0 Å². The molecule has 15 heavy (non-hydrogen) atoms. The van der Waals surface area contributed by atoms with E-state index in [1.807, 2.05) is 7.05 Å². The van der Waals surface area contributed by atoms with E-state index in [1.54, 1.807) is 11.3 Å². The van der Waals surface area contributed by atoms with Gasteiger partial charge < -0.3 is 5.32 Å². The molecule has 1 aromatic heterocycles. The fraction of sp³-hybridized carbons (Fsp3) is 0.727. The van der Waals surface area contributed by atoms with Gasteiger partial charge in [-0.1, -0.05) is 6.42 Å². The lowest BCUT2D eigenvalue weighted by atomic mass is 10.1. The summed E-state index contributed by atoms with van der Waals surface area (Å²) in [6.45, 7) is 4.44. The molecule has 0 unspecified atom stereocenters. The third kappa shape index (κ3) is 3.26. The zero-order valence-corrected chi connectivity index (χ0v) is 10.1. The van der Waals surface area contributed by atoms with E-state index in [-0.39, 0.29) is 0 Å². The average molecular weight is 225 g/mol. The van der Waals surface area contributed by atoms with Gasteiger partial charge in [-0.2, -0.15) is 0 Å².